The number of rotatable bonds is 5. The molecule has 20 heavy (non-hydrogen) atoms. The molecule has 0 aliphatic heterocycles. The van der Waals surface area contributed by atoms with E-state index in [9.17, 15) is 0 Å². The van der Waals surface area contributed by atoms with Crippen LogP contribution < -0.4 is 4.74 Å². The molecule has 2 rings (SSSR count). The molecule has 1 aliphatic rings. The summed E-state index contributed by atoms with van der Waals surface area (Å²) in [6, 6.07) is 3.99. The Labute approximate surface area is 122 Å². The molecule has 1 fully saturated rings. The molecule has 0 atom stereocenters. The van der Waals surface area contributed by atoms with Crippen LogP contribution in [0.25, 0.3) is 6.08 Å². The van der Waals surface area contributed by atoms with E-state index in [1.54, 1.807) is 13.3 Å². The van der Waals surface area contributed by atoms with Crippen molar-refractivity contribution in [1.29, 1.82) is 0 Å². The number of methoxy groups -OCH3 is 1. The highest BCUT2D eigenvalue weighted by atomic mass is 16.5. The number of aromatic nitrogens is 1. The second-order valence-electron chi connectivity index (χ2n) is 6.65. The largest absolute Gasteiger partial charge is 0.489 e. The Morgan fingerprint density at radius 1 is 1.25 bits per heavy atom. The third kappa shape index (κ3) is 4.64. The van der Waals surface area contributed by atoms with Gasteiger partial charge in [0.1, 0.15) is 11.9 Å². The lowest BCUT2D eigenvalue weighted by molar-refractivity contribution is -0.0382. The lowest BCUT2D eigenvalue weighted by atomic mass is 9.92. The average Bonchev–Trinajstić information content (AvgIpc) is 2.33. The van der Waals surface area contributed by atoms with Gasteiger partial charge in [-0.25, -0.2) is 0 Å². The van der Waals surface area contributed by atoms with Crippen LogP contribution in [0.5, 0.6) is 5.75 Å². The van der Waals surface area contributed by atoms with Crippen molar-refractivity contribution in [2.75, 3.05) is 7.11 Å². The fraction of sp³-hybridized carbons (Fsp3) is 0.588. The molecular weight excluding hydrogens is 250 g/mol. The highest BCUT2D eigenvalue weighted by molar-refractivity contribution is 5.45. The van der Waals surface area contributed by atoms with E-state index in [-0.39, 0.29) is 6.10 Å². The molecule has 0 bridgehead atoms. The smallest absolute Gasteiger partial charge is 0.138 e. The summed E-state index contributed by atoms with van der Waals surface area (Å²) in [5, 5.41) is 0. The maximum absolute atomic E-state index is 5.83. The van der Waals surface area contributed by atoms with Crippen LogP contribution in [0.15, 0.2) is 24.4 Å². The van der Waals surface area contributed by atoms with Gasteiger partial charge in [0.15, 0.2) is 0 Å². The minimum atomic E-state index is 0.282. The molecule has 0 saturated heterocycles. The molecule has 0 radical (unpaired) electrons. The molecule has 1 aromatic heterocycles. The number of pyridine rings is 1. The number of hydrogen-bond donors (Lipinski definition) is 0. The molecule has 0 N–H and O–H groups in total. The topological polar surface area (TPSA) is 31.4 Å². The van der Waals surface area contributed by atoms with Crippen LogP contribution in [-0.4, -0.2) is 24.3 Å². The summed E-state index contributed by atoms with van der Waals surface area (Å²) >= 11 is 0. The molecule has 3 nitrogen and oxygen atoms in total. The van der Waals surface area contributed by atoms with Crippen molar-refractivity contribution in [1.82, 2.24) is 4.98 Å². The maximum Gasteiger partial charge on any atom is 0.138 e. The summed E-state index contributed by atoms with van der Waals surface area (Å²) in [5.41, 5.74) is 1.30. The summed E-state index contributed by atoms with van der Waals surface area (Å²) in [6.07, 6.45) is 9.70. The molecule has 1 heterocycles. The van der Waals surface area contributed by atoms with E-state index in [0.717, 1.165) is 30.7 Å². The molecule has 0 spiro atoms. The van der Waals surface area contributed by atoms with Crippen LogP contribution in [0.4, 0.5) is 0 Å². The number of allylic oxidation sites excluding steroid dienone is 1. The summed E-state index contributed by atoms with van der Waals surface area (Å²) in [6.45, 7) is 6.69. The van der Waals surface area contributed by atoms with Gasteiger partial charge in [0.05, 0.1) is 18.0 Å². The standard InChI is InChI=1S/C17H25NO2/c1-17(2,3)9-5-6-13-7-8-14(12-18-13)20-16-10-15(11-16)19-4/h5-8,12,15-16H,9-11H2,1-4H3/b6-5+. The minimum absolute atomic E-state index is 0.282. The lowest BCUT2D eigenvalue weighted by Crippen LogP contribution is -2.38. The van der Waals surface area contributed by atoms with Gasteiger partial charge in [-0.05, 0) is 30.0 Å². The van der Waals surface area contributed by atoms with Gasteiger partial charge in [0, 0.05) is 20.0 Å². The van der Waals surface area contributed by atoms with E-state index in [1.807, 2.05) is 12.1 Å². The SMILES string of the molecule is COC1CC(Oc2ccc(/C=C/CC(C)(C)C)nc2)C1. The molecule has 1 saturated carbocycles. The first-order valence-corrected chi connectivity index (χ1v) is 7.28. The monoisotopic (exact) mass is 275 g/mol. The fourth-order valence-electron chi connectivity index (χ4n) is 2.09. The van der Waals surface area contributed by atoms with Crippen LogP contribution in [0.3, 0.4) is 0 Å². The Morgan fingerprint density at radius 3 is 2.55 bits per heavy atom. The Kier molecular flexibility index (Phi) is 4.81. The normalized spacial score (nSPS) is 22.8. The predicted octanol–water partition coefficient (Wildman–Crippen LogP) is 4.09. The first-order valence-electron chi connectivity index (χ1n) is 7.28. The lowest BCUT2D eigenvalue weighted by Gasteiger charge is -2.34. The quantitative estimate of drug-likeness (QED) is 0.811. The Bertz CT molecular complexity index is 439. The van der Waals surface area contributed by atoms with Crippen molar-refractivity contribution in [2.45, 2.75) is 52.2 Å². The Morgan fingerprint density at radius 2 is 2.00 bits per heavy atom. The zero-order chi connectivity index (χ0) is 14.6. The summed E-state index contributed by atoms with van der Waals surface area (Å²) in [5.74, 6) is 0.845. The van der Waals surface area contributed by atoms with Gasteiger partial charge in [-0.15, -0.1) is 0 Å². The van der Waals surface area contributed by atoms with Crippen LogP contribution in [-0.2, 0) is 4.74 Å². The van der Waals surface area contributed by atoms with E-state index >= 15 is 0 Å². The van der Waals surface area contributed by atoms with Crippen molar-refractivity contribution >= 4 is 6.08 Å². The van der Waals surface area contributed by atoms with Crippen LogP contribution in [0, 0.1) is 5.41 Å². The third-order valence-corrected chi connectivity index (χ3v) is 3.47. The fourth-order valence-corrected chi connectivity index (χ4v) is 2.09. The van der Waals surface area contributed by atoms with E-state index in [2.05, 4.69) is 37.9 Å². The number of hydrogen-bond acceptors (Lipinski definition) is 3. The van der Waals surface area contributed by atoms with E-state index in [0.29, 0.717) is 11.5 Å². The van der Waals surface area contributed by atoms with Crippen LogP contribution in [0.1, 0.15) is 45.7 Å². The van der Waals surface area contributed by atoms with Crippen molar-refractivity contribution in [3.63, 3.8) is 0 Å². The third-order valence-electron chi connectivity index (χ3n) is 3.47. The highest BCUT2D eigenvalue weighted by Crippen LogP contribution is 2.27. The number of nitrogens with zero attached hydrogens (tertiary/aromatic N) is 1. The molecule has 1 aliphatic carbocycles. The summed E-state index contributed by atoms with van der Waals surface area (Å²) < 4.78 is 11.1. The molecule has 110 valence electrons. The molecule has 1 aromatic rings. The summed E-state index contributed by atoms with van der Waals surface area (Å²) in [4.78, 5) is 4.41. The van der Waals surface area contributed by atoms with Crippen LogP contribution in [0.2, 0.25) is 0 Å². The van der Waals surface area contributed by atoms with Gasteiger partial charge in [0.2, 0.25) is 0 Å². The van der Waals surface area contributed by atoms with E-state index in [4.69, 9.17) is 9.47 Å². The Balaban J connectivity index is 1.81. The van der Waals surface area contributed by atoms with Crippen molar-refractivity contribution in [2.24, 2.45) is 5.41 Å². The first-order chi connectivity index (χ1) is 9.46. The molecule has 3 heteroatoms. The van der Waals surface area contributed by atoms with Crippen molar-refractivity contribution in [3.8, 4) is 5.75 Å². The molecular formula is C17H25NO2. The van der Waals surface area contributed by atoms with Gasteiger partial charge in [0.25, 0.3) is 0 Å². The van der Waals surface area contributed by atoms with Crippen molar-refractivity contribution < 1.29 is 9.47 Å². The average molecular weight is 275 g/mol. The molecule has 0 amide bonds. The molecule has 0 unspecified atom stereocenters. The minimum Gasteiger partial charge on any atom is -0.489 e. The maximum atomic E-state index is 5.83. The van der Waals surface area contributed by atoms with Gasteiger partial charge < -0.3 is 9.47 Å². The first kappa shape index (κ1) is 15.0. The highest BCUT2D eigenvalue weighted by Gasteiger charge is 2.30. The van der Waals surface area contributed by atoms with Crippen molar-refractivity contribution in [3.05, 3.63) is 30.1 Å². The Hall–Kier alpha value is -1.35. The van der Waals surface area contributed by atoms with Gasteiger partial charge in [-0.1, -0.05) is 26.8 Å². The van der Waals surface area contributed by atoms with E-state index in [1.165, 1.54) is 0 Å². The second-order valence-corrected chi connectivity index (χ2v) is 6.65. The predicted molar refractivity (Wildman–Crippen MR) is 81.8 cm³/mol. The van der Waals surface area contributed by atoms with Crippen LogP contribution >= 0.6 is 0 Å². The summed E-state index contributed by atoms with van der Waals surface area (Å²) in [7, 11) is 1.75. The van der Waals surface area contributed by atoms with Gasteiger partial charge >= 0.3 is 0 Å². The van der Waals surface area contributed by atoms with Gasteiger partial charge in [-0.3, -0.25) is 4.98 Å². The zero-order valence-corrected chi connectivity index (χ0v) is 12.9. The second kappa shape index (κ2) is 6.40. The van der Waals surface area contributed by atoms with E-state index < -0.39 is 0 Å². The van der Waals surface area contributed by atoms with Gasteiger partial charge in [-0.2, -0.15) is 0 Å². The zero-order valence-electron chi connectivity index (χ0n) is 12.9. The number of ether oxygens (including phenoxy) is 2. The molecule has 0 aromatic carbocycles.